The van der Waals surface area contributed by atoms with Crippen molar-refractivity contribution in [3.05, 3.63) is 53.9 Å². The van der Waals surface area contributed by atoms with E-state index in [-0.39, 0.29) is 11.4 Å². The van der Waals surface area contributed by atoms with Crippen molar-refractivity contribution < 1.29 is 9.53 Å². The van der Waals surface area contributed by atoms with Gasteiger partial charge in [0, 0.05) is 11.4 Å². The van der Waals surface area contributed by atoms with Gasteiger partial charge in [0.25, 0.3) is 5.91 Å². The zero-order valence-electron chi connectivity index (χ0n) is 15.9. The minimum atomic E-state index is -0.380. The van der Waals surface area contributed by atoms with E-state index in [1.54, 1.807) is 30.8 Å². The van der Waals surface area contributed by atoms with Crippen LogP contribution in [0.4, 0.5) is 5.69 Å². The molecule has 0 aliphatic carbocycles. The Bertz CT molecular complexity index is 947. The van der Waals surface area contributed by atoms with E-state index in [0.29, 0.717) is 28.9 Å². The maximum absolute atomic E-state index is 12.5. The van der Waals surface area contributed by atoms with Gasteiger partial charge >= 0.3 is 0 Å². The zero-order chi connectivity index (χ0) is 20.0. The van der Waals surface area contributed by atoms with E-state index in [1.165, 1.54) is 6.20 Å². The minimum absolute atomic E-state index is 0.288. The molecule has 3 rings (SSSR count). The van der Waals surface area contributed by atoms with Gasteiger partial charge in [-0.2, -0.15) is 0 Å². The predicted octanol–water partition coefficient (Wildman–Crippen LogP) is 3.40. The maximum atomic E-state index is 12.5. The minimum Gasteiger partial charge on any atom is -0.479 e. The fraction of sp³-hybridized carbons (Fsp3) is 0.286. The van der Waals surface area contributed by atoms with E-state index in [1.807, 2.05) is 24.3 Å². The number of amides is 1. The summed E-state index contributed by atoms with van der Waals surface area (Å²) in [5.74, 6) is 6.76. The summed E-state index contributed by atoms with van der Waals surface area (Å²) in [6.07, 6.45) is 2.40. The van der Waals surface area contributed by atoms with Gasteiger partial charge in [-0.25, -0.2) is 4.98 Å². The first-order valence-corrected chi connectivity index (χ1v) is 9.87. The van der Waals surface area contributed by atoms with Gasteiger partial charge in [-0.05, 0) is 50.1 Å². The van der Waals surface area contributed by atoms with Gasteiger partial charge in [-0.3, -0.25) is 9.79 Å². The molecule has 2 heterocycles. The third kappa shape index (κ3) is 4.84. The summed E-state index contributed by atoms with van der Waals surface area (Å²) in [5.41, 5.74) is 7.54. The number of anilines is 1. The van der Waals surface area contributed by atoms with Crippen molar-refractivity contribution in [1.29, 1.82) is 0 Å². The molecule has 1 aliphatic heterocycles. The molecule has 0 saturated carbocycles. The molecular weight excluding hydrogens is 372 g/mol. The average molecular weight is 395 g/mol. The molecule has 0 fully saturated rings. The molecule has 0 bridgehead atoms. The molecule has 6 nitrogen and oxygen atoms in total. The van der Waals surface area contributed by atoms with E-state index in [9.17, 15) is 4.79 Å². The summed E-state index contributed by atoms with van der Waals surface area (Å²) in [4.78, 5) is 21.3. The third-order valence-corrected chi connectivity index (χ3v) is 5.19. The normalized spacial score (nSPS) is 18.4. The van der Waals surface area contributed by atoms with Crippen molar-refractivity contribution in [2.24, 2.45) is 10.7 Å². The lowest BCUT2D eigenvalue weighted by Gasteiger charge is -2.30. The van der Waals surface area contributed by atoms with Gasteiger partial charge in [0.1, 0.15) is 18.1 Å². The highest BCUT2D eigenvalue weighted by molar-refractivity contribution is 8.13. The van der Waals surface area contributed by atoms with Gasteiger partial charge in [-0.15, -0.1) is 5.92 Å². The summed E-state index contributed by atoms with van der Waals surface area (Å²) < 4.78 is 5.41. The molecule has 1 amide bonds. The number of carbonyl (C=O) groups excluding carboxylic acids is 1. The lowest BCUT2D eigenvalue weighted by atomic mass is 9.89. The second-order valence-electron chi connectivity index (χ2n) is 6.45. The smallest absolute Gasteiger partial charge is 0.274 e. The van der Waals surface area contributed by atoms with Crippen LogP contribution in [-0.4, -0.2) is 28.4 Å². The topological polar surface area (TPSA) is 89.6 Å². The molecule has 1 aromatic heterocycles. The fourth-order valence-electron chi connectivity index (χ4n) is 2.81. The summed E-state index contributed by atoms with van der Waals surface area (Å²) >= 11 is 1.57. The number of nitrogens with two attached hydrogens (primary N) is 1. The number of ether oxygens (including phenoxy) is 1. The number of aromatic nitrogens is 1. The van der Waals surface area contributed by atoms with Crippen LogP contribution in [-0.2, 0) is 5.54 Å². The average Bonchev–Trinajstić information content (AvgIpc) is 2.69. The maximum Gasteiger partial charge on any atom is 0.274 e. The number of nitrogens with zero attached hydrogens (tertiary/aromatic N) is 2. The Morgan fingerprint density at radius 3 is 2.96 bits per heavy atom. The molecule has 0 unspecified atom stereocenters. The van der Waals surface area contributed by atoms with Crippen LogP contribution in [0.5, 0.6) is 5.75 Å². The van der Waals surface area contributed by atoms with Crippen molar-refractivity contribution in [2.75, 3.05) is 17.7 Å². The van der Waals surface area contributed by atoms with Crippen LogP contribution in [0.25, 0.3) is 0 Å². The number of hydrogen-bond acceptors (Lipinski definition) is 6. The highest BCUT2D eigenvalue weighted by atomic mass is 32.2. The third-order valence-electron chi connectivity index (χ3n) is 4.39. The van der Waals surface area contributed by atoms with Crippen molar-refractivity contribution in [3.8, 4) is 17.6 Å². The van der Waals surface area contributed by atoms with Gasteiger partial charge in [0.05, 0.1) is 11.7 Å². The van der Waals surface area contributed by atoms with Crippen LogP contribution >= 0.6 is 11.8 Å². The lowest BCUT2D eigenvalue weighted by Crippen LogP contribution is -2.28. The molecule has 1 atom stereocenters. The van der Waals surface area contributed by atoms with Crippen LogP contribution in [0, 0.1) is 11.8 Å². The van der Waals surface area contributed by atoms with Crippen LogP contribution in [0.2, 0.25) is 0 Å². The van der Waals surface area contributed by atoms with Gasteiger partial charge < -0.3 is 15.8 Å². The Morgan fingerprint density at radius 2 is 2.25 bits per heavy atom. The molecule has 0 spiro atoms. The number of aliphatic imine (C=N–C) groups is 1. The highest BCUT2D eigenvalue weighted by Crippen LogP contribution is 2.35. The lowest BCUT2D eigenvalue weighted by molar-refractivity contribution is 0.102. The second kappa shape index (κ2) is 8.81. The summed E-state index contributed by atoms with van der Waals surface area (Å²) in [5, 5.41) is 3.49. The molecule has 144 valence electrons. The number of pyridine rings is 1. The fourth-order valence-corrected chi connectivity index (χ4v) is 3.79. The van der Waals surface area contributed by atoms with E-state index < -0.39 is 0 Å². The van der Waals surface area contributed by atoms with Crippen LogP contribution in [0.15, 0.2) is 47.6 Å². The van der Waals surface area contributed by atoms with Gasteiger partial charge in [0.15, 0.2) is 5.17 Å². The molecule has 1 aromatic carbocycles. The SMILES string of the molecule is CC#CCOc1ccc(C(=O)Nc2cccc([C@]3(C)CCSC(N)=N3)c2)nc1. The monoisotopic (exact) mass is 394 g/mol. The van der Waals surface area contributed by atoms with Crippen molar-refractivity contribution >= 4 is 28.5 Å². The largest absolute Gasteiger partial charge is 0.479 e. The molecule has 3 N–H and O–H groups in total. The van der Waals surface area contributed by atoms with E-state index >= 15 is 0 Å². The highest BCUT2D eigenvalue weighted by Gasteiger charge is 2.29. The summed E-state index contributed by atoms with van der Waals surface area (Å²) in [6.45, 7) is 4.10. The molecular formula is C21H22N4O2S. The first kappa shape index (κ1) is 19.8. The van der Waals surface area contributed by atoms with Crippen LogP contribution in [0.1, 0.15) is 36.3 Å². The van der Waals surface area contributed by atoms with Gasteiger partial charge in [-0.1, -0.05) is 29.8 Å². The second-order valence-corrected chi connectivity index (χ2v) is 7.57. The van der Waals surface area contributed by atoms with Crippen molar-refractivity contribution in [1.82, 2.24) is 4.98 Å². The number of thioether (sulfide) groups is 1. The molecule has 2 aromatic rings. The number of carbonyl (C=O) groups is 1. The standard InChI is InChI=1S/C21H22N4O2S/c1-3-4-11-27-17-8-9-18(23-14-17)19(26)24-16-7-5-6-15(13-16)21(2)10-12-28-20(22)25-21/h5-9,13-14H,10-12H2,1-2H3,(H2,22,25)(H,24,26)/t21-/m0/s1. The molecule has 0 radical (unpaired) electrons. The molecule has 0 saturated heterocycles. The van der Waals surface area contributed by atoms with E-state index in [4.69, 9.17) is 10.5 Å². The summed E-state index contributed by atoms with van der Waals surface area (Å²) in [6, 6.07) is 11.0. The summed E-state index contributed by atoms with van der Waals surface area (Å²) in [7, 11) is 0. The van der Waals surface area contributed by atoms with Crippen molar-refractivity contribution in [3.63, 3.8) is 0 Å². The first-order chi connectivity index (χ1) is 13.5. The number of nitrogens with one attached hydrogen (secondary N) is 1. The molecule has 1 aliphatic rings. The molecule has 28 heavy (non-hydrogen) atoms. The number of benzene rings is 1. The molecule has 7 heteroatoms. The van der Waals surface area contributed by atoms with E-state index in [2.05, 4.69) is 34.1 Å². The Kier molecular flexibility index (Phi) is 6.22. The Hall–Kier alpha value is -2.98. The number of rotatable bonds is 5. The first-order valence-electron chi connectivity index (χ1n) is 8.89. The van der Waals surface area contributed by atoms with Crippen molar-refractivity contribution in [2.45, 2.75) is 25.8 Å². The Morgan fingerprint density at radius 1 is 1.39 bits per heavy atom. The Balaban J connectivity index is 1.70. The number of hydrogen-bond donors (Lipinski definition) is 2. The predicted molar refractivity (Wildman–Crippen MR) is 114 cm³/mol. The van der Waals surface area contributed by atoms with Crippen LogP contribution < -0.4 is 15.8 Å². The zero-order valence-corrected chi connectivity index (χ0v) is 16.7. The quantitative estimate of drug-likeness (QED) is 0.759. The number of amidine groups is 1. The van der Waals surface area contributed by atoms with Crippen LogP contribution in [0.3, 0.4) is 0 Å². The Labute approximate surface area is 169 Å². The van der Waals surface area contributed by atoms with Gasteiger partial charge in [0.2, 0.25) is 0 Å². The van der Waals surface area contributed by atoms with E-state index in [0.717, 1.165) is 17.7 Å².